The Balaban J connectivity index is 1.46. The summed E-state index contributed by atoms with van der Waals surface area (Å²) < 4.78 is 11.0. The van der Waals surface area contributed by atoms with E-state index in [1.807, 2.05) is 36.4 Å². The molecule has 0 amide bonds. The quantitative estimate of drug-likeness (QED) is 0.555. The second-order valence-electron chi connectivity index (χ2n) is 5.19. The molecule has 0 saturated heterocycles. The van der Waals surface area contributed by atoms with Crippen LogP contribution in [0.1, 0.15) is 5.56 Å². The van der Waals surface area contributed by atoms with Gasteiger partial charge in [0.2, 0.25) is 5.82 Å². The third-order valence-electron chi connectivity index (χ3n) is 3.45. The molecule has 0 N–H and O–H groups in total. The molecule has 0 saturated carbocycles. The van der Waals surface area contributed by atoms with E-state index >= 15 is 0 Å². The molecule has 0 aliphatic rings. The fourth-order valence-electron chi connectivity index (χ4n) is 2.20. The fourth-order valence-corrected chi connectivity index (χ4v) is 2.20. The molecule has 3 heterocycles. The minimum Gasteiger partial charge on any atom is -0.489 e. The SMILES string of the molecule is c1cncc(COc2ccc(-c3noc(-c4cnccn4)n3)cc2)c1. The molecule has 4 rings (SSSR count). The van der Waals surface area contributed by atoms with Crippen molar-refractivity contribution in [3.63, 3.8) is 0 Å². The van der Waals surface area contributed by atoms with Crippen LogP contribution in [0, 0.1) is 0 Å². The molecule has 0 aliphatic carbocycles. The van der Waals surface area contributed by atoms with Crippen LogP contribution in [0.25, 0.3) is 23.0 Å². The van der Waals surface area contributed by atoms with Gasteiger partial charge in [-0.15, -0.1) is 0 Å². The van der Waals surface area contributed by atoms with Gasteiger partial charge in [0.25, 0.3) is 5.89 Å². The predicted octanol–water partition coefficient (Wildman–Crippen LogP) is 3.17. The molecule has 0 unspecified atom stereocenters. The number of hydrogen-bond donors (Lipinski definition) is 0. The number of ether oxygens (including phenoxy) is 1. The van der Waals surface area contributed by atoms with E-state index in [0.717, 1.165) is 16.9 Å². The molecule has 0 aliphatic heterocycles. The molecule has 0 fully saturated rings. The molecule has 7 nitrogen and oxygen atoms in total. The van der Waals surface area contributed by atoms with Crippen LogP contribution in [0.5, 0.6) is 5.75 Å². The molecular weight excluding hydrogens is 318 g/mol. The van der Waals surface area contributed by atoms with Crippen LogP contribution in [0.3, 0.4) is 0 Å². The van der Waals surface area contributed by atoms with Gasteiger partial charge in [-0.3, -0.25) is 9.97 Å². The van der Waals surface area contributed by atoms with Gasteiger partial charge in [0.05, 0.1) is 6.20 Å². The minimum absolute atomic E-state index is 0.333. The Morgan fingerprint density at radius 2 is 1.80 bits per heavy atom. The lowest BCUT2D eigenvalue weighted by Gasteiger charge is -2.06. The molecule has 0 spiro atoms. The zero-order valence-electron chi connectivity index (χ0n) is 13.1. The Kier molecular flexibility index (Phi) is 4.11. The van der Waals surface area contributed by atoms with Crippen molar-refractivity contribution in [1.82, 2.24) is 25.1 Å². The minimum atomic E-state index is 0.333. The van der Waals surface area contributed by atoms with Crippen LogP contribution in [0.4, 0.5) is 0 Å². The summed E-state index contributed by atoms with van der Waals surface area (Å²) in [6, 6.07) is 11.3. The molecule has 0 atom stereocenters. The molecule has 0 radical (unpaired) electrons. The first kappa shape index (κ1) is 14.9. The van der Waals surface area contributed by atoms with E-state index in [0.29, 0.717) is 24.0 Å². The molecule has 4 aromatic rings. The van der Waals surface area contributed by atoms with Crippen LogP contribution in [-0.2, 0) is 6.61 Å². The van der Waals surface area contributed by atoms with Gasteiger partial charge >= 0.3 is 0 Å². The van der Waals surface area contributed by atoms with Crippen LogP contribution < -0.4 is 4.74 Å². The highest BCUT2D eigenvalue weighted by atomic mass is 16.5. The van der Waals surface area contributed by atoms with Crippen molar-refractivity contribution in [2.24, 2.45) is 0 Å². The lowest BCUT2D eigenvalue weighted by molar-refractivity contribution is 0.306. The molecule has 3 aromatic heterocycles. The Bertz CT molecular complexity index is 940. The molecular formula is C18H13N5O2. The number of nitrogens with zero attached hydrogens (tertiary/aromatic N) is 5. The Morgan fingerprint density at radius 3 is 2.56 bits per heavy atom. The highest BCUT2D eigenvalue weighted by Gasteiger charge is 2.11. The van der Waals surface area contributed by atoms with E-state index in [1.165, 1.54) is 0 Å². The molecule has 0 bridgehead atoms. The Morgan fingerprint density at radius 1 is 0.920 bits per heavy atom. The van der Waals surface area contributed by atoms with Crippen LogP contribution in [-0.4, -0.2) is 25.1 Å². The number of rotatable bonds is 5. The van der Waals surface area contributed by atoms with Gasteiger partial charge in [-0.2, -0.15) is 4.98 Å². The Labute approximate surface area is 143 Å². The first-order valence-corrected chi connectivity index (χ1v) is 7.61. The van der Waals surface area contributed by atoms with E-state index in [2.05, 4.69) is 25.1 Å². The fraction of sp³-hybridized carbons (Fsp3) is 0.0556. The highest BCUT2D eigenvalue weighted by molar-refractivity contribution is 5.58. The first-order valence-electron chi connectivity index (χ1n) is 7.61. The average molecular weight is 331 g/mol. The Hall–Kier alpha value is -3.61. The number of pyridine rings is 1. The number of hydrogen-bond acceptors (Lipinski definition) is 7. The van der Waals surface area contributed by atoms with Crippen molar-refractivity contribution >= 4 is 0 Å². The third-order valence-corrected chi connectivity index (χ3v) is 3.45. The van der Waals surface area contributed by atoms with Gasteiger partial charge in [-0.1, -0.05) is 11.2 Å². The van der Waals surface area contributed by atoms with Crippen LogP contribution >= 0.6 is 0 Å². The van der Waals surface area contributed by atoms with Crippen LogP contribution in [0.15, 0.2) is 71.9 Å². The average Bonchev–Trinajstić information content (AvgIpc) is 3.19. The van der Waals surface area contributed by atoms with Crippen molar-refractivity contribution in [3.05, 3.63) is 72.9 Å². The maximum absolute atomic E-state index is 5.73. The zero-order chi connectivity index (χ0) is 16.9. The van der Waals surface area contributed by atoms with Gasteiger partial charge in [-0.25, -0.2) is 4.98 Å². The van der Waals surface area contributed by atoms with Gasteiger partial charge in [0, 0.05) is 35.9 Å². The molecule has 7 heteroatoms. The lowest BCUT2D eigenvalue weighted by atomic mass is 10.2. The highest BCUT2D eigenvalue weighted by Crippen LogP contribution is 2.23. The molecule has 1 aromatic carbocycles. The van der Waals surface area contributed by atoms with Crippen LogP contribution in [0.2, 0.25) is 0 Å². The molecule has 25 heavy (non-hydrogen) atoms. The summed E-state index contributed by atoms with van der Waals surface area (Å²) in [6.45, 7) is 0.465. The second kappa shape index (κ2) is 6.88. The third kappa shape index (κ3) is 3.50. The summed E-state index contributed by atoms with van der Waals surface area (Å²) in [5.41, 5.74) is 2.38. The van der Waals surface area contributed by atoms with Gasteiger partial charge in [-0.05, 0) is 30.3 Å². The predicted molar refractivity (Wildman–Crippen MR) is 89.3 cm³/mol. The zero-order valence-corrected chi connectivity index (χ0v) is 13.1. The van der Waals surface area contributed by atoms with Gasteiger partial charge in [0.15, 0.2) is 0 Å². The van der Waals surface area contributed by atoms with E-state index in [1.54, 1.807) is 31.0 Å². The largest absolute Gasteiger partial charge is 0.489 e. The summed E-state index contributed by atoms with van der Waals surface area (Å²) in [7, 11) is 0. The summed E-state index contributed by atoms with van der Waals surface area (Å²) in [5.74, 6) is 1.57. The standard InChI is InChI=1S/C18H13N5O2/c1-2-13(10-19-7-1)12-24-15-5-3-14(4-6-15)17-22-18(25-23-17)16-11-20-8-9-21-16/h1-11H,12H2. The summed E-state index contributed by atoms with van der Waals surface area (Å²) in [4.78, 5) is 16.5. The maximum atomic E-state index is 5.73. The topological polar surface area (TPSA) is 86.8 Å². The smallest absolute Gasteiger partial charge is 0.278 e. The summed E-state index contributed by atoms with van der Waals surface area (Å²) in [5, 5.41) is 3.98. The van der Waals surface area contributed by atoms with Crippen molar-refractivity contribution < 1.29 is 9.26 Å². The lowest BCUT2D eigenvalue weighted by Crippen LogP contribution is -1.95. The normalized spacial score (nSPS) is 10.6. The first-order chi connectivity index (χ1) is 12.4. The van der Waals surface area contributed by atoms with Crippen molar-refractivity contribution in [2.45, 2.75) is 6.61 Å². The van der Waals surface area contributed by atoms with Gasteiger partial charge < -0.3 is 9.26 Å². The number of aromatic nitrogens is 5. The molecule has 122 valence electrons. The van der Waals surface area contributed by atoms with E-state index in [9.17, 15) is 0 Å². The summed E-state index contributed by atoms with van der Waals surface area (Å²) >= 11 is 0. The van der Waals surface area contributed by atoms with E-state index in [-0.39, 0.29) is 0 Å². The van der Waals surface area contributed by atoms with Gasteiger partial charge in [0.1, 0.15) is 18.1 Å². The van der Waals surface area contributed by atoms with Crippen molar-refractivity contribution in [2.75, 3.05) is 0 Å². The van der Waals surface area contributed by atoms with Crippen molar-refractivity contribution in [1.29, 1.82) is 0 Å². The van der Waals surface area contributed by atoms with Crippen molar-refractivity contribution in [3.8, 4) is 28.7 Å². The maximum Gasteiger partial charge on any atom is 0.278 e. The monoisotopic (exact) mass is 331 g/mol. The van der Waals surface area contributed by atoms with E-state index < -0.39 is 0 Å². The number of benzene rings is 1. The van der Waals surface area contributed by atoms with E-state index in [4.69, 9.17) is 9.26 Å². The second-order valence-corrected chi connectivity index (χ2v) is 5.19. The summed E-state index contributed by atoms with van der Waals surface area (Å²) in [6.07, 6.45) is 8.26.